The van der Waals surface area contributed by atoms with Gasteiger partial charge in [-0.3, -0.25) is 4.79 Å². The Hall–Kier alpha value is -1.86. The molecule has 1 fully saturated rings. The lowest BCUT2D eigenvalue weighted by Gasteiger charge is -2.24. The second kappa shape index (κ2) is 6.28. The van der Waals surface area contributed by atoms with Crippen LogP contribution in [0.25, 0.3) is 0 Å². The first kappa shape index (κ1) is 14.1. The molecule has 7 heteroatoms. The van der Waals surface area contributed by atoms with Crippen molar-refractivity contribution in [2.24, 2.45) is 0 Å². The van der Waals surface area contributed by atoms with Gasteiger partial charge >= 0.3 is 0 Å². The molecule has 1 saturated heterocycles. The summed E-state index contributed by atoms with van der Waals surface area (Å²) in [5, 5.41) is 2.91. The van der Waals surface area contributed by atoms with Crippen LogP contribution in [0.5, 0.6) is 0 Å². The van der Waals surface area contributed by atoms with Crippen molar-refractivity contribution in [2.45, 2.75) is 25.0 Å². The van der Waals surface area contributed by atoms with Gasteiger partial charge in [-0.2, -0.15) is 8.75 Å². The predicted octanol–water partition coefficient (Wildman–Crippen LogP) is 2.33. The Morgan fingerprint density at radius 3 is 2.86 bits per heavy atom. The fourth-order valence-corrected chi connectivity index (χ4v) is 2.82. The van der Waals surface area contributed by atoms with Crippen molar-refractivity contribution in [3.63, 3.8) is 0 Å². The molecule has 0 unspecified atom stereocenters. The Bertz CT molecular complexity index is 597. The molecule has 1 aromatic carbocycles. The lowest BCUT2D eigenvalue weighted by Crippen LogP contribution is -2.36. The predicted molar refractivity (Wildman–Crippen MR) is 75.5 cm³/mol. The van der Waals surface area contributed by atoms with Crippen LogP contribution in [0.15, 0.2) is 30.5 Å². The lowest BCUT2D eigenvalue weighted by atomic mass is 9.99. The molecular weight excluding hydrogens is 293 g/mol. The maximum Gasteiger partial charge on any atom is 0.273 e. The van der Waals surface area contributed by atoms with Crippen LogP contribution in [0.1, 0.15) is 34.9 Å². The summed E-state index contributed by atoms with van der Waals surface area (Å²) in [6, 6.07) is 5.78. The first-order chi connectivity index (χ1) is 10.2. The summed E-state index contributed by atoms with van der Waals surface area (Å²) in [4.78, 5) is 12.2. The fraction of sp³-hybridized carbons (Fsp3) is 0.357. The number of aromatic nitrogens is 2. The Labute approximate surface area is 125 Å². The van der Waals surface area contributed by atoms with Gasteiger partial charge < -0.3 is 10.1 Å². The molecule has 2 atom stereocenters. The van der Waals surface area contributed by atoms with E-state index in [-0.39, 0.29) is 29.6 Å². The minimum Gasteiger partial charge on any atom is -0.376 e. The van der Waals surface area contributed by atoms with Gasteiger partial charge in [0.25, 0.3) is 5.91 Å². The van der Waals surface area contributed by atoms with E-state index in [1.807, 2.05) is 0 Å². The van der Waals surface area contributed by atoms with Gasteiger partial charge in [0.1, 0.15) is 5.82 Å². The molecule has 0 bridgehead atoms. The maximum absolute atomic E-state index is 13.1. The highest BCUT2D eigenvalue weighted by Crippen LogP contribution is 2.27. The number of benzene rings is 1. The van der Waals surface area contributed by atoms with Crippen molar-refractivity contribution in [1.29, 1.82) is 0 Å². The number of ether oxygens (including phenoxy) is 1. The first-order valence-electron chi connectivity index (χ1n) is 6.69. The Morgan fingerprint density at radius 1 is 1.43 bits per heavy atom. The van der Waals surface area contributed by atoms with E-state index in [4.69, 9.17) is 4.74 Å². The highest BCUT2D eigenvalue weighted by molar-refractivity contribution is 6.99. The van der Waals surface area contributed by atoms with E-state index in [1.165, 1.54) is 18.3 Å². The van der Waals surface area contributed by atoms with Crippen molar-refractivity contribution < 1.29 is 13.9 Å². The number of carbonyl (C=O) groups excluding carboxylic acids is 1. The lowest BCUT2D eigenvalue weighted by molar-refractivity contribution is 0.0670. The van der Waals surface area contributed by atoms with E-state index in [1.54, 1.807) is 12.1 Å². The molecule has 2 aromatic rings. The summed E-state index contributed by atoms with van der Waals surface area (Å²) in [6.07, 6.45) is 3.14. The number of rotatable bonds is 4. The quantitative estimate of drug-likeness (QED) is 0.941. The van der Waals surface area contributed by atoms with Crippen LogP contribution in [0.4, 0.5) is 4.39 Å². The van der Waals surface area contributed by atoms with Crippen LogP contribution >= 0.6 is 11.7 Å². The minimum absolute atomic E-state index is 0.106. The van der Waals surface area contributed by atoms with Crippen LogP contribution in [-0.4, -0.2) is 27.4 Å². The van der Waals surface area contributed by atoms with Crippen LogP contribution in [-0.2, 0) is 4.74 Å². The van der Waals surface area contributed by atoms with Gasteiger partial charge in [0.2, 0.25) is 0 Å². The average Bonchev–Trinajstić information content (AvgIpc) is 3.19. The third-order valence-electron chi connectivity index (χ3n) is 3.45. The van der Waals surface area contributed by atoms with E-state index in [0.29, 0.717) is 6.61 Å². The average molecular weight is 307 g/mol. The van der Waals surface area contributed by atoms with Crippen molar-refractivity contribution >= 4 is 17.6 Å². The molecule has 5 nitrogen and oxygen atoms in total. The van der Waals surface area contributed by atoms with Crippen LogP contribution < -0.4 is 5.32 Å². The molecule has 1 amide bonds. The molecule has 0 saturated carbocycles. The number of carbonyl (C=O) groups is 1. The van der Waals surface area contributed by atoms with E-state index in [0.717, 1.165) is 30.1 Å². The number of halogens is 1. The minimum atomic E-state index is -0.317. The van der Waals surface area contributed by atoms with Crippen LogP contribution in [0.2, 0.25) is 0 Å². The van der Waals surface area contributed by atoms with Gasteiger partial charge in [-0.1, -0.05) is 12.1 Å². The Balaban J connectivity index is 1.82. The molecule has 1 aliphatic rings. The standard InChI is InChI=1S/C14H14FN3O2S/c15-10-5-3-9(4-6-10)13(12-2-1-7-20-12)17-14(19)11-8-16-21-18-11/h3-6,8,12-13H,1-2,7H2,(H,17,19)/t12-,13+/m1/s1. The molecule has 1 aliphatic heterocycles. The Kier molecular flexibility index (Phi) is 4.21. The second-order valence-electron chi connectivity index (χ2n) is 4.85. The molecule has 0 radical (unpaired) electrons. The molecule has 110 valence electrons. The molecule has 1 aromatic heterocycles. The van der Waals surface area contributed by atoms with Crippen molar-refractivity contribution in [3.8, 4) is 0 Å². The van der Waals surface area contributed by atoms with Gasteiger partial charge in [0, 0.05) is 6.61 Å². The largest absolute Gasteiger partial charge is 0.376 e. The highest BCUT2D eigenvalue weighted by atomic mass is 32.1. The number of hydrogen-bond acceptors (Lipinski definition) is 5. The second-order valence-corrected chi connectivity index (χ2v) is 5.40. The number of hydrogen-bond donors (Lipinski definition) is 1. The van der Waals surface area contributed by atoms with E-state index in [2.05, 4.69) is 14.1 Å². The maximum atomic E-state index is 13.1. The van der Waals surface area contributed by atoms with Crippen molar-refractivity contribution in [3.05, 3.63) is 47.5 Å². The van der Waals surface area contributed by atoms with Gasteiger partial charge in [-0.05, 0) is 30.5 Å². The summed E-state index contributed by atoms with van der Waals surface area (Å²) in [7, 11) is 0. The van der Waals surface area contributed by atoms with Crippen molar-refractivity contribution in [2.75, 3.05) is 6.61 Å². The summed E-state index contributed by atoms with van der Waals surface area (Å²) in [5.74, 6) is -0.603. The van der Waals surface area contributed by atoms with E-state index in [9.17, 15) is 9.18 Å². The molecule has 0 spiro atoms. The summed E-state index contributed by atoms with van der Waals surface area (Å²) in [5.41, 5.74) is 1.10. The molecule has 2 heterocycles. The SMILES string of the molecule is O=C(N[C@@H](c1ccc(F)cc1)[C@H]1CCCO1)c1cnsn1. The number of nitrogens with one attached hydrogen (secondary N) is 1. The van der Waals surface area contributed by atoms with Gasteiger partial charge in [-0.25, -0.2) is 4.39 Å². The van der Waals surface area contributed by atoms with Gasteiger partial charge in [0.15, 0.2) is 5.69 Å². The smallest absolute Gasteiger partial charge is 0.273 e. The third kappa shape index (κ3) is 3.25. The molecule has 3 rings (SSSR count). The zero-order valence-corrected chi connectivity index (χ0v) is 12.0. The normalized spacial score (nSPS) is 19.4. The molecule has 1 N–H and O–H groups in total. The first-order valence-corrected chi connectivity index (χ1v) is 7.42. The van der Waals surface area contributed by atoms with E-state index < -0.39 is 0 Å². The monoisotopic (exact) mass is 307 g/mol. The van der Waals surface area contributed by atoms with Gasteiger partial charge in [0.05, 0.1) is 30.1 Å². The van der Waals surface area contributed by atoms with Gasteiger partial charge in [-0.15, -0.1) is 0 Å². The Morgan fingerprint density at radius 2 is 2.24 bits per heavy atom. The van der Waals surface area contributed by atoms with Crippen molar-refractivity contribution in [1.82, 2.24) is 14.1 Å². The number of nitrogens with zero attached hydrogens (tertiary/aromatic N) is 2. The topological polar surface area (TPSA) is 64.1 Å². The zero-order chi connectivity index (χ0) is 14.7. The third-order valence-corrected chi connectivity index (χ3v) is 3.92. The molecule has 0 aliphatic carbocycles. The fourth-order valence-electron chi connectivity index (χ4n) is 2.41. The van der Waals surface area contributed by atoms with Crippen LogP contribution in [0.3, 0.4) is 0 Å². The van der Waals surface area contributed by atoms with Crippen LogP contribution in [0, 0.1) is 5.82 Å². The molecule has 21 heavy (non-hydrogen) atoms. The summed E-state index contributed by atoms with van der Waals surface area (Å²) < 4.78 is 26.5. The summed E-state index contributed by atoms with van der Waals surface area (Å²) in [6.45, 7) is 0.677. The zero-order valence-electron chi connectivity index (χ0n) is 11.2. The summed E-state index contributed by atoms with van der Waals surface area (Å²) >= 11 is 0.983. The van der Waals surface area contributed by atoms with E-state index >= 15 is 0 Å². The highest BCUT2D eigenvalue weighted by Gasteiger charge is 2.29. The number of amides is 1. The molecular formula is C14H14FN3O2S.